The molecule has 3 unspecified atom stereocenters. The highest BCUT2D eigenvalue weighted by molar-refractivity contribution is 9.10. The molecule has 1 aliphatic carbocycles. The fourth-order valence-electron chi connectivity index (χ4n) is 3.27. The van der Waals surface area contributed by atoms with Gasteiger partial charge in [-0.25, -0.2) is 9.78 Å². The number of carbonyl (C=O) groups is 1. The normalized spacial score (nSPS) is 26.9. The highest BCUT2D eigenvalue weighted by Gasteiger charge is 2.45. The Morgan fingerprint density at radius 2 is 2.13 bits per heavy atom. The molecule has 1 aromatic heterocycles. The van der Waals surface area contributed by atoms with Crippen LogP contribution < -0.4 is 0 Å². The number of pyridine rings is 1. The van der Waals surface area contributed by atoms with Crippen LogP contribution in [0.4, 0.5) is 4.79 Å². The van der Waals surface area contributed by atoms with Crippen molar-refractivity contribution in [2.24, 2.45) is 11.8 Å². The van der Waals surface area contributed by atoms with E-state index in [1.165, 1.54) is 0 Å². The zero-order valence-electron chi connectivity index (χ0n) is 13.5. The SMILES string of the molecule is CC(C)(C)OC(=O)N1CC2C(c3ccc(Br)nc3)=CC(O)C2C1. The van der Waals surface area contributed by atoms with Crippen LogP contribution in [0.1, 0.15) is 26.3 Å². The first-order valence-electron chi connectivity index (χ1n) is 7.74. The lowest BCUT2D eigenvalue weighted by Gasteiger charge is -2.25. The molecule has 3 atom stereocenters. The summed E-state index contributed by atoms with van der Waals surface area (Å²) in [6, 6.07) is 3.87. The second-order valence-corrected chi connectivity index (χ2v) is 7.95. The molecule has 1 aliphatic heterocycles. The van der Waals surface area contributed by atoms with Crippen LogP contribution >= 0.6 is 15.9 Å². The summed E-state index contributed by atoms with van der Waals surface area (Å²) >= 11 is 3.33. The number of aromatic nitrogens is 1. The van der Waals surface area contributed by atoms with E-state index in [2.05, 4.69) is 20.9 Å². The van der Waals surface area contributed by atoms with Crippen molar-refractivity contribution < 1.29 is 14.6 Å². The molecule has 0 bridgehead atoms. The molecule has 2 heterocycles. The molecule has 5 nitrogen and oxygen atoms in total. The summed E-state index contributed by atoms with van der Waals surface area (Å²) in [4.78, 5) is 18.2. The topological polar surface area (TPSA) is 62.7 Å². The molecule has 0 aromatic carbocycles. The molecule has 3 rings (SSSR count). The average Bonchev–Trinajstić information content (AvgIpc) is 2.99. The van der Waals surface area contributed by atoms with Crippen LogP contribution in [-0.2, 0) is 4.74 Å². The zero-order chi connectivity index (χ0) is 16.8. The highest BCUT2D eigenvalue weighted by Crippen LogP contribution is 2.43. The van der Waals surface area contributed by atoms with Gasteiger partial charge in [0.15, 0.2) is 0 Å². The molecular weight excluding hydrogens is 360 g/mol. The summed E-state index contributed by atoms with van der Waals surface area (Å²) in [5.41, 5.74) is 1.54. The van der Waals surface area contributed by atoms with Gasteiger partial charge in [0.05, 0.1) is 6.10 Å². The molecule has 6 heteroatoms. The number of hydrogen-bond donors (Lipinski definition) is 1. The van der Waals surface area contributed by atoms with Gasteiger partial charge in [0.1, 0.15) is 10.2 Å². The number of ether oxygens (including phenoxy) is 1. The van der Waals surface area contributed by atoms with Crippen molar-refractivity contribution in [3.8, 4) is 0 Å². The quantitative estimate of drug-likeness (QED) is 0.760. The Labute approximate surface area is 144 Å². The van der Waals surface area contributed by atoms with E-state index in [0.29, 0.717) is 13.1 Å². The number of hydrogen-bond acceptors (Lipinski definition) is 4. The summed E-state index contributed by atoms with van der Waals surface area (Å²) in [7, 11) is 0. The Balaban J connectivity index is 1.77. The Kier molecular flexibility index (Phi) is 4.23. The Bertz CT molecular complexity index is 636. The first-order valence-corrected chi connectivity index (χ1v) is 8.53. The Morgan fingerprint density at radius 1 is 1.39 bits per heavy atom. The molecule has 1 amide bonds. The van der Waals surface area contributed by atoms with Crippen molar-refractivity contribution in [2.75, 3.05) is 13.1 Å². The van der Waals surface area contributed by atoms with Crippen molar-refractivity contribution in [1.82, 2.24) is 9.88 Å². The number of carbonyl (C=O) groups excluding carboxylic acids is 1. The van der Waals surface area contributed by atoms with Crippen LogP contribution in [0, 0.1) is 11.8 Å². The third kappa shape index (κ3) is 3.43. The second kappa shape index (κ2) is 5.91. The van der Waals surface area contributed by atoms with Gasteiger partial charge in [-0.3, -0.25) is 0 Å². The van der Waals surface area contributed by atoms with Gasteiger partial charge < -0.3 is 14.7 Å². The lowest BCUT2D eigenvalue weighted by Crippen LogP contribution is -2.36. The summed E-state index contributed by atoms with van der Waals surface area (Å²) in [6.45, 7) is 6.66. The Hall–Kier alpha value is -1.40. The van der Waals surface area contributed by atoms with Gasteiger partial charge in [0, 0.05) is 31.1 Å². The molecule has 0 spiro atoms. The van der Waals surface area contributed by atoms with Crippen LogP contribution in [0.3, 0.4) is 0 Å². The van der Waals surface area contributed by atoms with Gasteiger partial charge in [-0.05, 0) is 53.9 Å². The van der Waals surface area contributed by atoms with Crippen molar-refractivity contribution in [1.29, 1.82) is 0 Å². The van der Waals surface area contributed by atoms with Crippen LogP contribution in [0.5, 0.6) is 0 Å². The monoisotopic (exact) mass is 380 g/mol. The molecule has 0 radical (unpaired) electrons. The van der Waals surface area contributed by atoms with Crippen LogP contribution in [0.25, 0.3) is 5.57 Å². The number of fused-ring (bicyclic) bond motifs is 1. The van der Waals surface area contributed by atoms with Crippen molar-refractivity contribution >= 4 is 27.6 Å². The minimum Gasteiger partial charge on any atom is -0.444 e. The van der Waals surface area contributed by atoms with E-state index in [9.17, 15) is 9.90 Å². The first-order chi connectivity index (χ1) is 10.7. The Morgan fingerprint density at radius 3 is 2.74 bits per heavy atom. The molecule has 2 aliphatic rings. The van der Waals surface area contributed by atoms with Gasteiger partial charge in [0.2, 0.25) is 0 Å². The lowest BCUT2D eigenvalue weighted by molar-refractivity contribution is 0.0276. The van der Waals surface area contributed by atoms with Crippen molar-refractivity contribution in [2.45, 2.75) is 32.5 Å². The number of nitrogens with zero attached hydrogens (tertiary/aromatic N) is 2. The van der Waals surface area contributed by atoms with E-state index >= 15 is 0 Å². The minimum atomic E-state index is -0.536. The van der Waals surface area contributed by atoms with Gasteiger partial charge in [-0.2, -0.15) is 0 Å². The van der Waals surface area contributed by atoms with E-state index in [-0.39, 0.29) is 17.9 Å². The fraction of sp³-hybridized carbons (Fsp3) is 0.529. The molecule has 124 valence electrons. The molecular formula is C17H21BrN2O3. The van der Waals surface area contributed by atoms with Crippen LogP contribution in [0.15, 0.2) is 29.0 Å². The molecule has 1 saturated heterocycles. The number of aliphatic hydroxyl groups excluding tert-OH is 1. The summed E-state index contributed by atoms with van der Waals surface area (Å²) in [5.74, 6) is 0.154. The van der Waals surface area contributed by atoms with Gasteiger partial charge in [-0.15, -0.1) is 0 Å². The van der Waals surface area contributed by atoms with E-state index in [0.717, 1.165) is 15.7 Å². The first kappa shape index (κ1) is 16.5. The standard InChI is InChI=1S/C17H21BrN2O3/c1-17(2,3)23-16(22)20-8-12-11(6-14(21)13(12)9-20)10-4-5-15(18)19-7-10/h4-7,12-14,21H,8-9H2,1-3H3. The van der Waals surface area contributed by atoms with Gasteiger partial charge in [-0.1, -0.05) is 12.1 Å². The number of rotatable bonds is 1. The predicted molar refractivity (Wildman–Crippen MR) is 90.7 cm³/mol. The highest BCUT2D eigenvalue weighted by atomic mass is 79.9. The second-order valence-electron chi connectivity index (χ2n) is 7.14. The van der Waals surface area contributed by atoms with Crippen LogP contribution in [0.2, 0.25) is 0 Å². The molecule has 23 heavy (non-hydrogen) atoms. The summed E-state index contributed by atoms with van der Waals surface area (Å²) in [5, 5.41) is 10.3. The minimum absolute atomic E-state index is 0.0289. The third-order valence-corrected chi connectivity index (χ3v) is 4.74. The maximum atomic E-state index is 12.3. The smallest absolute Gasteiger partial charge is 0.410 e. The van der Waals surface area contributed by atoms with Gasteiger partial charge >= 0.3 is 6.09 Å². The summed E-state index contributed by atoms with van der Waals surface area (Å²) < 4.78 is 6.22. The molecule has 1 aromatic rings. The largest absolute Gasteiger partial charge is 0.444 e. The number of halogens is 1. The van der Waals surface area contributed by atoms with E-state index in [1.807, 2.05) is 39.0 Å². The zero-order valence-corrected chi connectivity index (χ0v) is 15.1. The maximum Gasteiger partial charge on any atom is 0.410 e. The van der Waals surface area contributed by atoms with E-state index in [4.69, 9.17) is 4.74 Å². The van der Waals surface area contributed by atoms with Crippen LogP contribution in [-0.4, -0.2) is 45.9 Å². The molecule has 0 saturated carbocycles. The average molecular weight is 381 g/mol. The van der Waals surface area contributed by atoms with E-state index in [1.54, 1.807) is 11.1 Å². The predicted octanol–water partition coefficient (Wildman–Crippen LogP) is 3.09. The lowest BCUT2D eigenvalue weighted by atomic mass is 9.91. The third-order valence-electron chi connectivity index (χ3n) is 4.27. The molecule has 1 fully saturated rings. The number of amides is 1. The van der Waals surface area contributed by atoms with Crippen molar-refractivity contribution in [3.63, 3.8) is 0 Å². The number of aliphatic hydroxyl groups is 1. The fourth-order valence-corrected chi connectivity index (χ4v) is 3.50. The maximum absolute atomic E-state index is 12.3. The summed E-state index contributed by atoms with van der Waals surface area (Å²) in [6.07, 6.45) is 2.84. The van der Waals surface area contributed by atoms with E-state index < -0.39 is 11.7 Å². The van der Waals surface area contributed by atoms with Gasteiger partial charge in [0.25, 0.3) is 0 Å². The van der Waals surface area contributed by atoms with Crippen molar-refractivity contribution in [3.05, 3.63) is 34.6 Å². The number of likely N-dealkylation sites (tertiary alicyclic amines) is 1. The molecule has 1 N–H and O–H groups in total.